The molecule has 0 aromatic rings. The standard InChI is InChI=1S/C64H107NO8/c1-3-5-7-9-11-13-15-17-19-21-23-25-26-27-28-29-30-31-32-34-36-38-40-42-44-46-48-50-52-54-60(68)65-57(56-72-64-63(71)62(70)61(69)59(55-66)73-64)58(67)53-51-49-47-45-43-41-39-37-35-33-24-22-20-18-16-14-12-10-8-6-4-2/h5,7,11,13,17,19,23,25,27-28,30-31,34-37,43,45,51,53,57-59,61-64,66-67,69-71H,3-4,6,8-10,12,14-16,18,20-22,24,26,29,32-33,38-42,44,46-50,52,54-56H2,1-2H3,(H,65,68)/b7-5-,13-11-,19-17-,25-23-,28-27-,31-30-,36-34-,37-35+,45-43+,53-51+. The lowest BCUT2D eigenvalue weighted by atomic mass is 9.99. The fourth-order valence-corrected chi connectivity index (χ4v) is 8.40. The van der Waals surface area contributed by atoms with Gasteiger partial charge in [0.05, 0.1) is 25.4 Å². The van der Waals surface area contributed by atoms with Gasteiger partial charge in [-0.2, -0.15) is 0 Å². The highest BCUT2D eigenvalue weighted by molar-refractivity contribution is 5.76. The molecule has 0 spiro atoms. The zero-order valence-electron chi connectivity index (χ0n) is 46.1. The molecule has 6 N–H and O–H groups in total. The Morgan fingerprint density at radius 2 is 0.863 bits per heavy atom. The summed E-state index contributed by atoms with van der Waals surface area (Å²) >= 11 is 0. The zero-order chi connectivity index (χ0) is 52.9. The van der Waals surface area contributed by atoms with Gasteiger partial charge in [-0.3, -0.25) is 4.79 Å². The number of aliphatic hydroxyl groups excluding tert-OH is 5. The van der Waals surface area contributed by atoms with Gasteiger partial charge < -0.3 is 40.3 Å². The van der Waals surface area contributed by atoms with Crippen LogP contribution in [0.1, 0.15) is 219 Å². The number of hydrogen-bond donors (Lipinski definition) is 6. The average Bonchev–Trinajstić information content (AvgIpc) is 3.39. The summed E-state index contributed by atoms with van der Waals surface area (Å²) < 4.78 is 11.2. The minimum absolute atomic E-state index is 0.207. The van der Waals surface area contributed by atoms with Crippen LogP contribution in [0.3, 0.4) is 0 Å². The van der Waals surface area contributed by atoms with Crippen LogP contribution in [0.15, 0.2) is 122 Å². The van der Waals surface area contributed by atoms with E-state index in [1.54, 1.807) is 6.08 Å². The molecule has 1 aliphatic heterocycles. The molecule has 1 rings (SSSR count). The third kappa shape index (κ3) is 41.5. The van der Waals surface area contributed by atoms with Crippen LogP contribution < -0.4 is 5.32 Å². The summed E-state index contributed by atoms with van der Waals surface area (Å²) in [7, 11) is 0. The Kier molecular flexibility index (Phi) is 48.2. The van der Waals surface area contributed by atoms with Crippen molar-refractivity contribution in [3.63, 3.8) is 0 Å². The van der Waals surface area contributed by atoms with E-state index in [2.05, 4.69) is 129 Å². The number of ether oxygens (including phenoxy) is 2. The van der Waals surface area contributed by atoms with Crippen molar-refractivity contribution >= 4 is 5.91 Å². The SMILES string of the molecule is CC/C=C\C/C=C\C/C=C\C/C=C\C/C=C\C/C=C\C/C=C\CCCCCCCCCC(=O)NC(COC1OC(CO)C(O)C(O)C1O)C(O)/C=C/CC/C=C/CC/C=C/CCCCCCCCCCCCC. The smallest absolute Gasteiger partial charge is 0.220 e. The molecule has 9 nitrogen and oxygen atoms in total. The van der Waals surface area contributed by atoms with Gasteiger partial charge in [0.2, 0.25) is 5.91 Å². The van der Waals surface area contributed by atoms with Gasteiger partial charge in [-0.15, -0.1) is 0 Å². The Balaban J connectivity index is 2.29. The number of carbonyl (C=O) groups is 1. The molecular formula is C64H107NO8. The average molecular weight is 1020 g/mol. The van der Waals surface area contributed by atoms with Crippen LogP contribution in [0.25, 0.3) is 0 Å². The third-order valence-corrected chi connectivity index (χ3v) is 13.0. The van der Waals surface area contributed by atoms with Gasteiger partial charge in [-0.25, -0.2) is 0 Å². The molecule has 1 heterocycles. The first-order chi connectivity index (χ1) is 35.8. The van der Waals surface area contributed by atoms with E-state index in [9.17, 15) is 30.3 Å². The monoisotopic (exact) mass is 1020 g/mol. The van der Waals surface area contributed by atoms with Gasteiger partial charge in [0, 0.05) is 6.42 Å². The van der Waals surface area contributed by atoms with E-state index in [0.717, 1.165) is 109 Å². The zero-order valence-corrected chi connectivity index (χ0v) is 46.1. The van der Waals surface area contributed by atoms with Crippen LogP contribution in [0.4, 0.5) is 0 Å². The number of nitrogens with one attached hydrogen (secondary N) is 1. The number of carbonyl (C=O) groups excluding carboxylic acids is 1. The van der Waals surface area contributed by atoms with E-state index >= 15 is 0 Å². The van der Waals surface area contributed by atoms with Crippen molar-refractivity contribution in [1.82, 2.24) is 5.32 Å². The van der Waals surface area contributed by atoms with Crippen molar-refractivity contribution in [2.24, 2.45) is 0 Å². The number of aliphatic hydroxyl groups is 5. The highest BCUT2D eigenvalue weighted by Gasteiger charge is 2.44. The number of amides is 1. The Bertz CT molecular complexity index is 1560. The molecule has 0 saturated carbocycles. The summed E-state index contributed by atoms with van der Waals surface area (Å²) in [6.07, 6.45) is 71.1. The summed E-state index contributed by atoms with van der Waals surface area (Å²) in [5.41, 5.74) is 0. The predicted octanol–water partition coefficient (Wildman–Crippen LogP) is 14.7. The first-order valence-electron chi connectivity index (χ1n) is 29.3. The van der Waals surface area contributed by atoms with Gasteiger partial charge in [0.25, 0.3) is 0 Å². The molecule has 73 heavy (non-hydrogen) atoms. The highest BCUT2D eigenvalue weighted by Crippen LogP contribution is 2.23. The third-order valence-electron chi connectivity index (χ3n) is 13.0. The Hall–Kier alpha value is -3.41. The molecule has 1 fully saturated rings. The largest absolute Gasteiger partial charge is 0.394 e. The molecule has 0 aromatic carbocycles. The second-order valence-corrected chi connectivity index (χ2v) is 19.7. The Morgan fingerprint density at radius 3 is 1.32 bits per heavy atom. The van der Waals surface area contributed by atoms with E-state index in [-0.39, 0.29) is 12.5 Å². The number of hydrogen-bond acceptors (Lipinski definition) is 8. The fourth-order valence-electron chi connectivity index (χ4n) is 8.40. The second kappa shape index (κ2) is 52.0. The van der Waals surface area contributed by atoms with Crippen molar-refractivity contribution in [1.29, 1.82) is 0 Å². The molecule has 7 atom stereocenters. The second-order valence-electron chi connectivity index (χ2n) is 19.7. The van der Waals surface area contributed by atoms with E-state index in [4.69, 9.17) is 9.47 Å². The summed E-state index contributed by atoms with van der Waals surface area (Å²) in [4.78, 5) is 13.1. The van der Waals surface area contributed by atoms with Crippen LogP contribution in [0.5, 0.6) is 0 Å². The molecule has 416 valence electrons. The molecule has 7 unspecified atom stereocenters. The molecule has 0 bridgehead atoms. The van der Waals surface area contributed by atoms with Crippen molar-refractivity contribution in [2.75, 3.05) is 13.2 Å². The lowest BCUT2D eigenvalue weighted by Crippen LogP contribution is -2.60. The van der Waals surface area contributed by atoms with Crippen LogP contribution in [0.2, 0.25) is 0 Å². The lowest BCUT2D eigenvalue weighted by molar-refractivity contribution is -0.302. The molecule has 1 aliphatic rings. The number of unbranched alkanes of at least 4 members (excludes halogenated alkanes) is 20. The van der Waals surface area contributed by atoms with Crippen molar-refractivity contribution in [3.8, 4) is 0 Å². The Labute approximate surface area is 446 Å². The first-order valence-corrected chi connectivity index (χ1v) is 29.3. The van der Waals surface area contributed by atoms with Gasteiger partial charge in [-0.1, -0.05) is 232 Å². The van der Waals surface area contributed by atoms with Crippen molar-refractivity contribution in [3.05, 3.63) is 122 Å². The van der Waals surface area contributed by atoms with Crippen molar-refractivity contribution in [2.45, 2.75) is 262 Å². The summed E-state index contributed by atoms with van der Waals surface area (Å²) in [6, 6.07) is -0.844. The molecule has 0 aliphatic carbocycles. The summed E-state index contributed by atoms with van der Waals surface area (Å²) in [5.74, 6) is -0.207. The van der Waals surface area contributed by atoms with Gasteiger partial charge in [0.1, 0.15) is 24.4 Å². The minimum atomic E-state index is -1.58. The first kappa shape index (κ1) is 67.6. The number of allylic oxidation sites excluding steroid dienone is 19. The van der Waals surface area contributed by atoms with Crippen LogP contribution in [0, 0.1) is 0 Å². The van der Waals surface area contributed by atoms with Crippen LogP contribution >= 0.6 is 0 Å². The van der Waals surface area contributed by atoms with Crippen LogP contribution in [-0.4, -0.2) is 87.5 Å². The quantitative estimate of drug-likeness (QED) is 0.0261. The molecular weight excluding hydrogens is 911 g/mol. The topological polar surface area (TPSA) is 149 Å². The Morgan fingerprint density at radius 1 is 0.479 bits per heavy atom. The lowest BCUT2D eigenvalue weighted by Gasteiger charge is -2.40. The van der Waals surface area contributed by atoms with E-state index in [1.165, 1.54) is 89.9 Å². The van der Waals surface area contributed by atoms with Gasteiger partial charge in [-0.05, 0) is 103 Å². The molecule has 0 radical (unpaired) electrons. The van der Waals surface area contributed by atoms with Crippen LogP contribution in [-0.2, 0) is 14.3 Å². The molecule has 9 heteroatoms. The van der Waals surface area contributed by atoms with E-state index < -0.39 is 49.5 Å². The van der Waals surface area contributed by atoms with Gasteiger partial charge >= 0.3 is 0 Å². The maximum absolute atomic E-state index is 13.1. The molecule has 1 amide bonds. The summed E-state index contributed by atoms with van der Waals surface area (Å²) in [5, 5.41) is 54.5. The summed E-state index contributed by atoms with van der Waals surface area (Å²) in [6.45, 7) is 3.63. The predicted molar refractivity (Wildman–Crippen MR) is 308 cm³/mol. The number of rotatable bonds is 48. The maximum Gasteiger partial charge on any atom is 0.220 e. The molecule has 1 saturated heterocycles. The maximum atomic E-state index is 13.1. The molecule has 0 aromatic heterocycles. The van der Waals surface area contributed by atoms with Gasteiger partial charge in [0.15, 0.2) is 6.29 Å². The highest BCUT2D eigenvalue weighted by atomic mass is 16.7. The van der Waals surface area contributed by atoms with E-state index in [0.29, 0.717) is 6.42 Å². The normalized spacial score (nSPS) is 20.0. The van der Waals surface area contributed by atoms with Crippen molar-refractivity contribution < 1.29 is 39.8 Å². The minimum Gasteiger partial charge on any atom is -0.394 e. The van der Waals surface area contributed by atoms with E-state index in [1.807, 2.05) is 6.08 Å². The fraction of sp³-hybridized carbons (Fsp3) is 0.672.